The summed E-state index contributed by atoms with van der Waals surface area (Å²) in [6, 6.07) is 6.11. The van der Waals surface area contributed by atoms with Gasteiger partial charge in [0, 0.05) is 49.2 Å². The van der Waals surface area contributed by atoms with E-state index in [0.717, 1.165) is 75.1 Å². The Kier molecular flexibility index (Phi) is 7.22. The first-order valence-corrected chi connectivity index (χ1v) is 15.1. The Balaban J connectivity index is 1.38. The van der Waals surface area contributed by atoms with Crippen molar-refractivity contribution in [2.45, 2.75) is 62.9 Å². The van der Waals surface area contributed by atoms with Crippen molar-refractivity contribution in [3.05, 3.63) is 45.8 Å². The molecule has 1 aromatic carbocycles. The molecule has 8 nitrogen and oxygen atoms in total. The molecule has 1 aromatic heterocycles. The Morgan fingerprint density at radius 3 is 2.39 bits per heavy atom. The summed E-state index contributed by atoms with van der Waals surface area (Å²) in [5, 5.41) is 3.58. The van der Waals surface area contributed by atoms with E-state index in [1.165, 1.54) is 23.5 Å². The number of piperidine rings is 1. The number of carbonyl (C=O) groups is 2. The summed E-state index contributed by atoms with van der Waals surface area (Å²) in [5.74, 6) is -0.338. The van der Waals surface area contributed by atoms with Crippen molar-refractivity contribution in [2.75, 3.05) is 38.5 Å². The van der Waals surface area contributed by atoms with Crippen molar-refractivity contribution in [3.63, 3.8) is 0 Å². The summed E-state index contributed by atoms with van der Waals surface area (Å²) in [7, 11) is -1.54. The molecule has 10 heteroatoms. The molecule has 2 saturated heterocycles. The van der Waals surface area contributed by atoms with Crippen LogP contribution < -0.4 is 5.32 Å². The molecule has 1 N–H and O–H groups in total. The highest BCUT2D eigenvalue weighted by atomic mass is 32.2. The number of nitrogens with zero attached hydrogens (tertiary/aromatic N) is 3. The molecular formula is C26H34N4O4S2. The van der Waals surface area contributed by atoms with E-state index >= 15 is 0 Å². The van der Waals surface area contributed by atoms with Crippen molar-refractivity contribution >= 4 is 38.2 Å². The Bertz CT molecular complexity index is 1250. The van der Waals surface area contributed by atoms with E-state index in [9.17, 15) is 18.0 Å². The third-order valence-corrected chi connectivity index (χ3v) is 10.7. The molecule has 0 bridgehead atoms. The van der Waals surface area contributed by atoms with Crippen LogP contribution in [0.1, 0.15) is 70.2 Å². The summed E-state index contributed by atoms with van der Waals surface area (Å²) >= 11 is 1.48. The monoisotopic (exact) mass is 530 g/mol. The average molecular weight is 531 g/mol. The number of carbonyl (C=O) groups excluding carboxylic acids is 2. The second-order valence-electron chi connectivity index (χ2n) is 10.1. The van der Waals surface area contributed by atoms with Gasteiger partial charge >= 0.3 is 0 Å². The van der Waals surface area contributed by atoms with Gasteiger partial charge in [-0.2, -0.15) is 4.31 Å². The van der Waals surface area contributed by atoms with Crippen LogP contribution in [-0.2, 0) is 23.0 Å². The molecule has 2 aromatic rings. The number of benzene rings is 1. The quantitative estimate of drug-likeness (QED) is 0.635. The number of fused-ring (bicyclic) bond motifs is 1. The highest BCUT2D eigenvalue weighted by molar-refractivity contribution is 7.89. The molecule has 3 aliphatic heterocycles. The van der Waals surface area contributed by atoms with Crippen LogP contribution in [0.2, 0.25) is 0 Å². The van der Waals surface area contributed by atoms with Gasteiger partial charge in [0.15, 0.2) is 0 Å². The van der Waals surface area contributed by atoms with E-state index in [1.807, 2.05) is 11.8 Å². The van der Waals surface area contributed by atoms with Crippen LogP contribution in [0, 0.1) is 0 Å². The predicted octanol–water partition coefficient (Wildman–Crippen LogP) is 3.79. The van der Waals surface area contributed by atoms with E-state index in [4.69, 9.17) is 0 Å². The fourth-order valence-electron chi connectivity index (χ4n) is 5.44. The van der Waals surface area contributed by atoms with E-state index in [-0.39, 0.29) is 22.8 Å². The van der Waals surface area contributed by atoms with E-state index < -0.39 is 10.0 Å². The fraction of sp³-hybridized carbons (Fsp3) is 0.538. The number of likely N-dealkylation sites (N-methyl/N-ethyl adjacent to an activating group) is 1. The molecule has 0 spiro atoms. The van der Waals surface area contributed by atoms with Gasteiger partial charge in [0.25, 0.3) is 11.8 Å². The fourth-order valence-corrected chi connectivity index (χ4v) is 8.46. The second kappa shape index (κ2) is 10.2. The maximum atomic E-state index is 13.4. The molecule has 1 atom stereocenters. The number of sulfonamides is 1. The molecule has 5 rings (SSSR count). The smallest absolute Gasteiger partial charge is 0.257 e. The lowest BCUT2D eigenvalue weighted by Crippen LogP contribution is -2.41. The molecule has 2 amide bonds. The lowest BCUT2D eigenvalue weighted by Gasteiger charge is -2.32. The number of hydrogen-bond donors (Lipinski definition) is 1. The first kappa shape index (κ1) is 25.4. The number of thiophene rings is 1. The van der Waals surface area contributed by atoms with Crippen LogP contribution in [0.4, 0.5) is 5.00 Å². The molecule has 0 aliphatic carbocycles. The minimum Gasteiger partial charge on any atom is -0.339 e. The van der Waals surface area contributed by atoms with Crippen molar-refractivity contribution < 1.29 is 18.0 Å². The van der Waals surface area contributed by atoms with Gasteiger partial charge in [0.05, 0.1) is 10.5 Å². The van der Waals surface area contributed by atoms with Crippen LogP contribution in [-0.4, -0.2) is 73.6 Å². The zero-order chi connectivity index (χ0) is 25.4. The zero-order valence-corrected chi connectivity index (χ0v) is 22.6. The average Bonchev–Trinajstić information content (AvgIpc) is 3.52. The first-order valence-electron chi connectivity index (χ1n) is 12.8. The minimum absolute atomic E-state index is 0.00180. The highest BCUT2D eigenvalue weighted by Gasteiger charge is 2.33. The minimum atomic E-state index is -3.60. The topological polar surface area (TPSA) is 90.0 Å². The third kappa shape index (κ3) is 4.83. The van der Waals surface area contributed by atoms with Gasteiger partial charge in [-0.3, -0.25) is 9.59 Å². The highest BCUT2D eigenvalue weighted by Crippen LogP contribution is 2.38. The van der Waals surface area contributed by atoms with Crippen LogP contribution >= 0.6 is 11.3 Å². The summed E-state index contributed by atoms with van der Waals surface area (Å²) < 4.78 is 27.8. The van der Waals surface area contributed by atoms with Crippen molar-refractivity contribution in [1.82, 2.24) is 14.1 Å². The molecule has 2 fully saturated rings. The number of anilines is 1. The summed E-state index contributed by atoms with van der Waals surface area (Å²) in [6.45, 7) is 5.61. The Morgan fingerprint density at radius 1 is 1.00 bits per heavy atom. The number of likely N-dealkylation sites (tertiary alicyclic amines) is 1. The SMILES string of the molecule is CC1CCCCN1S(=O)(=O)c1ccc(C(=O)Nc2sc3c(c2C(=O)N2CCCC2)CCN(C)C3)cc1. The van der Waals surface area contributed by atoms with Crippen LogP contribution in [0.5, 0.6) is 0 Å². The molecule has 0 saturated carbocycles. The standard InChI is InChI=1S/C26H34N4O4S2/c1-18-7-3-4-15-30(18)36(33,34)20-10-8-19(9-11-20)24(31)27-25-23(26(32)29-13-5-6-14-29)21-12-16-28(2)17-22(21)35-25/h8-11,18H,3-7,12-17H2,1-2H3,(H,27,31). The Labute approximate surface area is 217 Å². The zero-order valence-electron chi connectivity index (χ0n) is 21.0. The van der Waals surface area contributed by atoms with Crippen molar-refractivity contribution in [3.8, 4) is 0 Å². The van der Waals surface area contributed by atoms with Crippen molar-refractivity contribution in [1.29, 1.82) is 0 Å². The van der Waals surface area contributed by atoms with Gasteiger partial charge in [-0.1, -0.05) is 6.42 Å². The van der Waals surface area contributed by atoms with Crippen LogP contribution in [0.25, 0.3) is 0 Å². The maximum absolute atomic E-state index is 13.4. The number of nitrogens with one attached hydrogen (secondary N) is 1. The van der Waals surface area contributed by atoms with Gasteiger partial charge in [-0.15, -0.1) is 11.3 Å². The van der Waals surface area contributed by atoms with Gasteiger partial charge < -0.3 is 15.1 Å². The van der Waals surface area contributed by atoms with Gasteiger partial charge in [0.1, 0.15) is 5.00 Å². The van der Waals surface area contributed by atoms with E-state index in [1.54, 1.807) is 16.4 Å². The van der Waals surface area contributed by atoms with Gasteiger partial charge in [-0.25, -0.2) is 8.42 Å². The third-order valence-electron chi connectivity index (χ3n) is 7.55. The maximum Gasteiger partial charge on any atom is 0.257 e. The lowest BCUT2D eigenvalue weighted by atomic mass is 10.0. The summed E-state index contributed by atoms with van der Waals surface area (Å²) in [6.07, 6.45) is 5.56. The summed E-state index contributed by atoms with van der Waals surface area (Å²) in [5.41, 5.74) is 2.06. The van der Waals surface area contributed by atoms with Crippen LogP contribution in [0.15, 0.2) is 29.2 Å². The van der Waals surface area contributed by atoms with E-state index in [2.05, 4.69) is 17.3 Å². The summed E-state index contributed by atoms with van der Waals surface area (Å²) in [4.78, 5) is 32.1. The number of rotatable bonds is 5. The predicted molar refractivity (Wildman–Crippen MR) is 141 cm³/mol. The Hall–Kier alpha value is -2.27. The molecule has 36 heavy (non-hydrogen) atoms. The molecule has 4 heterocycles. The van der Waals surface area contributed by atoms with Crippen LogP contribution in [0.3, 0.4) is 0 Å². The molecular weight excluding hydrogens is 496 g/mol. The Morgan fingerprint density at radius 2 is 1.69 bits per heavy atom. The van der Waals surface area contributed by atoms with E-state index in [0.29, 0.717) is 22.7 Å². The molecule has 194 valence electrons. The lowest BCUT2D eigenvalue weighted by molar-refractivity contribution is 0.0792. The van der Waals surface area contributed by atoms with Gasteiger partial charge in [-0.05, 0) is 75.9 Å². The molecule has 1 unspecified atom stereocenters. The molecule has 0 radical (unpaired) electrons. The first-order chi connectivity index (χ1) is 17.3. The molecule has 3 aliphatic rings. The van der Waals surface area contributed by atoms with Crippen molar-refractivity contribution in [2.24, 2.45) is 0 Å². The largest absolute Gasteiger partial charge is 0.339 e. The second-order valence-corrected chi connectivity index (χ2v) is 13.1. The van der Waals surface area contributed by atoms with Gasteiger partial charge in [0.2, 0.25) is 10.0 Å². The number of amides is 2. The normalized spacial score (nSPS) is 21.4. The number of hydrogen-bond acceptors (Lipinski definition) is 6.